The second-order valence-corrected chi connectivity index (χ2v) is 4.48. The second kappa shape index (κ2) is 6.70. The van der Waals surface area contributed by atoms with E-state index in [9.17, 15) is 9.59 Å². The third kappa shape index (κ3) is 4.50. The average Bonchev–Trinajstić information content (AvgIpc) is 2.77. The minimum absolute atomic E-state index is 0.0904. The van der Waals surface area contributed by atoms with Crippen molar-refractivity contribution in [3.05, 3.63) is 22.5 Å². The Morgan fingerprint density at radius 2 is 2.22 bits per heavy atom. The fraction of sp³-hybridized carbons (Fsp3) is 0.300. The summed E-state index contributed by atoms with van der Waals surface area (Å²) in [4.78, 5) is 26.6. The fourth-order valence-electron chi connectivity index (χ4n) is 1.15. The van der Waals surface area contributed by atoms with Gasteiger partial charge in [0.05, 0.1) is 6.20 Å². The summed E-state index contributed by atoms with van der Waals surface area (Å²) in [5.74, 6) is -0.903. The Balaban J connectivity index is 2.32. The number of rotatable bonds is 7. The molecule has 7 nitrogen and oxygen atoms in total. The van der Waals surface area contributed by atoms with Gasteiger partial charge in [-0.15, -0.1) is 11.3 Å². The number of Topliss-reactive ketones (excluding diaryl/α,β-unsaturated/α-hetero) is 1. The summed E-state index contributed by atoms with van der Waals surface area (Å²) in [7, 11) is 0. The molecule has 0 saturated heterocycles. The molecular weight excluding hydrogens is 254 g/mol. The molecule has 0 saturated carbocycles. The molecule has 1 aromatic heterocycles. The lowest BCUT2D eigenvalue weighted by Crippen LogP contribution is -2.30. The van der Waals surface area contributed by atoms with Crippen molar-refractivity contribution in [1.29, 1.82) is 5.41 Å². The van der Waals surface area contributed by atoms with E-state index in [-0.39, 0.29) is 21.6 Å². The summed E-state index contributed by atoms with van der Waals surface area (Å²) in [6.07, 6.45) is 4.01. The Labute approximate surface area is 108 Å². The summed E-state index contributed by atoms with van der Waals surface area (Å²) in [5, 5.41) is 9.82. The van der Waals surface area contributed by atoms with Crippen LogP contribution in [0.1, 0.15) is 32.3 Å². The zero-order valence-electron chi connectivity index (χ0n) is 9.60. The van der Waals surface area contributed by atoms with Gasteiger partial charge < -0.3 is 16.8 Å². The molecule has 6 N–H and O–H groups in total. The van der Waals surface area contributed by atoms with Crippen LogP contribution in [0.25, 0.3) is 0 Å². The molecule has 0 aliphatic rings. The first-order valence-corrected chi connectivity index (χ1v) is 6.03. The minimum Gasteiger partial charge on any atom is -0.370 e. The molecule has 97 valence electrons. The van der Waals surface area contributed by atoms with Gasteiger partial charge in [-0.25, -0.2) is 4.98 Å². The van der Waals surface area contributed by atoms with Crippen molar-refractivity contribution in [3.63, 3.8) is 0 Å². The number of carbonyl (C=O) groups is 2. The van der Waals surface area contributed by atoms with E-state index in [0.29, 0.717) is 19.4 Å². The maximum atomic E-state index is 11.6. The predicted octanol–water partition coefficient (Wildman–Crippen LogP) is -0.108. The number of primary amides is 1. The number of guanidine groups is 1. The number of thiazole rings is 1. The SMILES string of the molecule is N=C(N)NCCC[CH]C(=O)c1ncc(C(N)=O)s1. The van der Waals surface area contributed by atoms with E-state index in [1.807, 2.05) is 0 Å². The van der Waals surface area contributed by atoms with Crippen LogP contribution in [-0.2, 0) is 0 Å². The molecule has 0 unspecified atom stereocenters. The van der Waals surface area contributed by atoms with E-state index in [1.165, 1.54) is 12.6 Å². The van der Waals surface area contributed by atoms with E-state index >= 15 is 0 Å². The molecule has 8 heteroatoms. The highest BCUT2D eigenvalue weighted by Crippen LogP contribution is 2.14. The molecule has 1 heterocycles. The Morgan fingerprint density at radius 3 is 2.78 bits per heavy atom. The summed E-state index contributed by atoms with van der Waals surface area (Å²) >= 11 is 0.982. The third-order valence-corrected chi connectivity index (χ3v) is 3.01. The van der Waals surface area contributed by atoms with Crippen LogP contribution in [0.5, 0.6) is 0 Å². The van der Waals surface area contributed by atoms with E-state index < -0.39 is 5.91 Å². The topological polar surface area (TPSA) is 135 Å². The molecule has 0 aliphatic carbocycles. The lowest BCUT2D eigenvalue weighted by molar-refractivity contribution is 0.100. The zero-order chi connectivity index (χ0) is 13.5. The van der Waals surface area contributed by atoms with Crippen LogP contribution < -0.4 is 16.8 Å². The number of amides is 1. The predicted molar refractivity (Wildman–Crippen MR) is 68.4 cm³/mol. The van der Waals surface area contributed by atoms with Gasteiger partial charge in [-0.2, -0.15) is 0 Å². The number of unbranched alkanes of at least 4 members (excludes halogenated alkanes) is 1. The minimum atomic E-state index is -0.586. The van der Waals surface area contributed by atoms with E-state index in [1.54, 1.807) is 0 Å². The molecule has 0 aromatic carbocycles. The zero-order valence-corrected chi connectivity index (χ0v) is 10.4. The van der Waals surface area contributed by atoms with Crippen molar-refractivity contribution in [3.8, 4) is 0 Å². The monoisotopic (exact) mass is 268 g/mol. The number of hydrogen-bond donors (Lipinski definition) is 4. The summed E-state index contributed by atoms with van der Waals surface area (Å²) in [6, 6.07) is 0. The van der Waals surface area contributed by atoms with E-state index in [2.05, 4.69) is 10.3 Å². The summed E-state index contributed by atoms with van der Waals surface area (Å²) in [5.41, 5.74) is 10.2. The Bertz CT molecular complexity index is 457. The smallest absolute Gasteiger partial charge is 0.260 e. The molecule has 1 rings (SSSR count). The Morgan fingerprint density at radius 1 is 1.50 bits per heavy atom. The van der Waals surface area contributed by atoms with Crippen molar-refractivity contribution in [2.24, 2.45) is 11.5 Å². The van der Waals surface area contributed by atoms with Crippen LogP contribution >= 0.6 is 11.3 Å². The van der Waals surface area contributed by atoms with Gasteiger partial charge in [-0.05, 0) is 12.8 Å². The van der Waals surface area contributed by atoms with Crippen LogP contribution in [0.4, 0.5) is 0 Å². The molecule has 1 radical (unpaired) electrons. The van der Waals surface area contributed by atoms with Crippen LogP contribution in [0.15, 0.2) is 6.20 Å². The van der Waals surface area contributed by atoms with Crippen molar-refractivity contribution >= 4 is 29.0 Å². The van der Waals surface area contributed by atoms with Crippen LogP contribution in [0.3, 0.4) is 0 Å². The fourth-order valence-corrected chi connectivity index (χ4v) is 1.85. The number of nitrogens with two attached hydrogens (primary N) is 2. The number of nitrogens with zero attached hydrogens (tertiary/aromatic N) is 1. The van der Waals surface area contributed by atoms with Gasteiger partial charge >= 0.3 is 0 Å². The molecule has 1 amide bonds. The highest BCUT2D eigenvalue weighted by molar-refractivity contribution is 7.15. The molecular formula is C10H14N5O2S. The van der Waals surface area contributed by atoms with Gasteiger partial charge in [0.15, 0.2) is 16.8 Å². The number of aromatic nitrogens is 1. The summed E-state index contributed by atoms with van der Waals surface area (Å²) < 4.78 is 0. The van der Waals surface area contributed by atoms with Crippen LogP contribution in [0, 0.1) is 11.8 Å². The maximum Gasteiger partial charge on any atom is 0.260 e. The molecule has 18 heavy (non-hydrogen) atoms. The van der Waals surface area contributed by atoms with Gasteiger partial charge in [-0.1, -0.05) is 0 Å². The highest BCUT2D eigenvalue weighted by atomic mass is 32.1. The largest absolute Gasteiger partial charge is 0.370 e. The molecule has 0 atom stereocenters. The Hall–Kier alpha value is -1.96. The van der Waals surface area contributed by atoms with Crippen LogP contribution in [-0.4, -0.2) is 29.2 Å². The van der Waals surface area contributed by atoms with Crippen molar-refractivity contribution < 1.29 is 9.59 Å². The van der Waals surface area contributed by atoms with Crippen molar-refractivity contribution in [1.82, 2.24) is 10.3 Å². The van der Waals surface area contributed by atoms with Gasteiger partial charge in [0.25, 0.3) is 5.91 Å². The third-order valence-electron chi connectivity index (χ3n) is 1.99. The number of hydrogen-bond acceptors (Lipinski definition) is 5. The first-order chi connectivity index (χ1) is 8.50. The van der Waals surface area contributed by atoms with Crippen LogP contribution in [0.2, 0.25) is 0 Å². The van der Waals surface area contributed by atoms with E-state index in [0.717, 1.165) is 11.3 Å². The second-order valence-electron chi connectivity index (χ2n) is 3.44. The lowest BCUT2D eigenvalue weighted by Gasteiger charge is -2.01. The molecule has 0 fully saturated rings. The first-order valence-electron chi connectivity index (χ1n) is 5.21. The Kier molecular flexibility index (Phi) is 5.25. The summed E-state index contributed by atoms with van der Waals surface area (Å²) in [6.45, 7) is 0.531. The van der Waals surface area contributed by atoms with Gasteiger partial charge in [-0.3, -0.25) is 15.0 Å². The normalized spacial score (nSPS) is 10.0. The first kappa shape index (κ1) is 14.1. The number of carbonyl (C=O) groups excluding carboxylic acids is 2. The molecule has 0 spiro atoms. The van der Waals surface area contributed by atoms with Gasteiger partial charge in [0, 0.05) is 13.0 Å². The standard InChI is InChI=1S/C10H14N5O2S/c11-8(17)7-5-15-9(18-7)6(16)3-1-2-4-14-10(12)13/h3,5H,1-2,4H2,(H2,11,17)(H4,12,13,14). The average molecular weight is 268 g/mol. The highest BCUT2D eigenvalue weighted by Gasteiger charge is 2.13. The number of ketones is 1. The van der Waals surface area contributed by atoms with E-state index in [4.69, 9.17) is 16.9 Å². The quantitative estimate of drug-likeness (QED) is 0.237. The van der Waals surface area contributed by atoms with Gasteiger partial charge in [0.2, 0.25) is 0 Å². The maximum absolute atomic E-state index is 11.6. The van der Waals surface area contributed by atoms with Crippen molar-refractivity contribution in [2.75, 3.05) is 6.54 Å². The number of nitrogens with one attached hydrogen (secondary N) is 2. The molecule has 0 bridgehead atoms. The lowest BCUT2D eigenvalue weighted by atomic mass is 10.2. The molecule has 1 aromatic rings. The molecule has 0 aliphatic heterocycles. The van der Waals surface area contributed by atoms with Crippen molar-refractivity contribution in [2.45, 2.75) is 12.8 Å². The van der Waals surface area contributed by atoms with Gasteiger partial charge in [0.1, 0.15) is 4.88 Å².